The predicted octanol–water partition coefficient (Wildman–Crippen LogP) is 3.06. The number of fused-ring (bicyclic) bond motifs is 1. The fourth-order valence-corrected chi connectivity index (χ4v) is 1.58. The van der Waals surface area contributed by atoms with E-state index < -0.39 is 5.97 Å². The van der Waals surface area contributed by atoms with E-state index in [4.69, 9.17) is 9.15 Å². The van der Waals surface area contributed by atoms with Crippen LogP contribution in [0.1, 0.15) is 23.0 Å². The Morgan fingerprint density at radius 1 is 1.50 bits per heavy atom. The lowest BCUT2D eigenvalue weighted by Gasteiger charge is -1.97. The maximum Gasteiger partial charge on any atom is 0.374 e. The van der Waals surface area contributed by atoms with Crippen LogP contribution in [-0.4, -0.2) is 12.6 Å². The quantitative estimate of drug-likeness (QED) is 0.733. The average molecular weight is 222 g/mol. The van der Waals surface area contributed by atoms with E-state index in [1.807, 2.05) is 0 Å². The molecule has 0 bridgehead atoms. The Morgan fingerprint density at radius 3 is 2.94 bits per heavy atom. The zero-order valence-corrected chi connectivity index (χ0v) is 9.04. The van der Waals surface area contributed by atoms with Crippen LogP contribution in [-0.2, 0) is 4.74 Å². The van der Waals surface area contributed by atoms with Crippen molar-refractivity contribution in [3.05, 3.63) is 35.3 Å². The van der Waals surface area contributed by atoms with Gasteiger partial charge in [-0.05, 0) is 32.0 Å². The van der Waals surface area contributed by atoms with Crippen molar-refractivity contribution in [1.29, 1.82) is 0 Å². The molecule has 0 radical (unpaired) electrons. The van der Waals surface area contributed by atoms with Crippen LogP contribution in [0.5, 0.6) is 0 Å². The molecule has 0 aliphatic heterocycles. The highest BCUT2D eigenvalue weighted by Crippen LogP contribution is 2.26. The molecule has 0 aliphatic carbocycles. The molecule has 1 aromatic heterocycles. The summed E-state index contributed by atoms with van der Waals surface area (Å²) in [5.41, 5.74) is 1.09. The summed E-state index contributed by atoms with van der Waals surface area (Å²) in [4.78, 5) is 11.5. The molecular formula is C12H11FO3. The van der Waals surface area contributed by atoms with Crippen molar-refractivity contribution in [2.45, 2.75) is 13.8 Å². The van der Waals surface area contributed by atoms with Gasteiger partial charge in [-0.3, -0.25) is 0 Å². The van der Waals surface area contributed by atoms with Crippen molar-refractivity contribution < 1.29 is 18.3 Å². The molecule has 2 rings (SSSR count). The molecule has 0 aliphatic rings. The van der Waals surface area contributed by atoms with Crippen molar-refractivity contribution in [3.63, 3.8) is 0 Å². The molecule has 3 nitrogen and oxygen atoms in total. The number of esters is 1. The topological polar surface area (TPSA) is 39.4 Å². The van der Waals surface area contributed by atoms with Crippen LogP contribution >= 0.6 is 0 Å². The zero-order valence-electron chi connectivity index (χ0n) is 9.04. The summed E-state index contributed by atoms with van der Waals surface area (Å²) >= 11 is 0. The van der Waals surface area contributed by atoms with E-state index in [1.165, 1.54) is 18.2 Å². The minimum Gasteiger partial charge on any atom is -0.460 e. The summed E-state index contributed by atoms with van der Waals surface area (Å²) in [5, 5.41) is 0.600. The lowest BCUT2D eigenvalue weighted by molar-refractivity contribution is 0.0491. The number of hydrogen-bond donors (Lipinski definition) is 0. The summed E-state index contributed by atoms with van der Waals surface area (Å²) < 4.78 is 23.2. The van der Waals surface area contributed by atoms with E-state index in [1.54, 1.807) is 13.8 Å². The fraction of sp³-hybridized carbons (Fsp3) is 0.250. The number of rotatable bonds is 2. The van der Waals surface area contributed by atoms with Gasteiger partial charge in [-0.15, -0.1) is 0 Å². The highest BCUT2D eigenvalue weighted by Gasteiger charge is 2.18. The number of hydrogen-bond acceptors (Lipinski definition) is 3. The van der Waals surface area contributed by atoms with E-state index in [-0.39, 0.29) is 18.2 Å². The summed E-state index contributed by atoms with van der Waals surface area (Å²) in [7, 11) is 0. The van der Waals surface area contributed by atoms with Gasteiger partial charge >= 0.3 is 5.97 Å². The Bertz CT molecular complexity index is 542. The third-order valence-corrected chi connectivity index (χ3v) is 2.36. The van der Waals surface area contributed by atoms with Gasteiger partial charge in [-0.2, -0.15) is 0 Å². The van der Waals surface area contributed by atoms with Gasteiger partial charge in [0.25, 0.3) is 0 Å². The van der Waals surface area contributed by atoms with Gasteiger partial charge in [0.2, 0.25) is 5.76 Å². The fourth-order valence-electron chi connectivity index (χ4n) is 1.58. The number of ether oxygens (including phenoxy) is 1. The van der Waals surface area contributed by atoms with Crippen LogP contribution in [0.2, 0.25) is 0 Å². The van der Waals surface area contributed by atoms with Crippen LogP contribution in [0.15, 0.2) is 22.6 Å². The van der Waals surface area contributed by atoms with E-state index >= 15 is 0 Å². The molecule has 0 atom stereocenters. The molecule has 0 unspecified atom stereocenters. The highest BCUT2D eigenvalue weighted by atomic mass is 19.1. The van der Waals surface area contributed by atoms with E-state index in [0.717, 1.165) is 0 Å². The second kappa shape index (κ2) is 3.96. The van der Waals surface area contributed by atoms with Crippen molar-refractivity contribution in [3.8, 4) is 0 Å². The minimum atomic E-state index is -0.517. The standard InChI is InChI=1S/C12H11FO3/c1-3-15-12(14)11-7(2)9-6-8(13)4-5-10(9)16-11/h4-6H,3H2,1-2H3. The minimum absolute atomic E-state index is 0.141. The molecule has 0 spiro atoms. The van der Waals surface area contributed by atoms with Crippen molar-refractivity contribution >= 4 is 16.9 Å². The van der Waals surface area contributed by atoms with Crippen LogP contribution in [0.25, 0.3) is 11.0 Å². The largest absolute Gasteiger partial charge is 0.460 e. The molecule has 0 fully saturated rings. The van der Waals surface area contributed by atoms with Crippen molar-refractivity contribution in [2.75, 3.05) is 6.61 Å². The first-order valence-corrected chi connectivity index (χ1v) is 4.99. The third kappa shape index (κ3) is 1.66. The Kier molecular flexibility index (Phi) is 2.64. The molecule has 1 heterocycles. The SMILES string of the molecule is CCOC(=O)c1oc2ccc(F)cc2c1C. The molecule has 4 heteroatoms. The maximum absolute atomic E-state index is 13.0. The molecule has 1 aromatic carbocycles. The summed E-state index contributed by atoms with van der Waals surface area (Å²) in [6.45, 7) is 3.71. The van der Waals surface area contributed by atoms with Gasteiger partial charge in [0.05, 0.1) is 6.61 Å². The smallest absolute Gasteiger partial charge is 0.374 e. The zero-order chi connectivity index (χ0) is 11.7. The van der Waals surface area contributed by atoms with Gasteiger partial charge in [0, 0.05) is 10.9 Å². The molecule has 0 N–H and O–H groups in total. The molecular weight excluding hydrogens is 211 g/mol. The number of carbonyl (C=O) groups is 1. The average Bonchev–Trinajstić information content (AvgIpc) is 2.57. The number of benzene rings is 1. The maximum atomic E-state index is 13.0. The number of furan rings is 1. The van der Waals surface area contributed by atoms with E-state index in [0.29, 0.717) is 16.5 Å². The molecule has 0 amide bonds. The molecule has 0 saturated carbocycles. The first-order valence-electron chi connectivity index (χ1n) is 4.99. The summed E-state index contributed by atoms with van der Waals surface area (Å²) in [6, 6.07) is 4.14. The Morgan fingerprint density at radius 2 is 2.25 bits per heavy atom. The van der Waals surface area contributed by atoms with Gasteiger partial charge < -0.3 is 9.15 Å². The van der Waals surface area contributed by atoms with Gasteiger partial charge in [-0.1, -0.05) is 0 Å². The molecule has 0 saturated heterocycles. The van der Waals surface area contributed by atoms with Gasteiger partial charge in [0.15, 0.2) is 0 Å². The van der Waals surface area contributed by atoms with Crippen LogP contribution < -0.4 is 0 Å². The van der Waals surface area contributed by atoms with Crippen molar-refractivity contribution in [1.82, 2.24) is 0 Å². The van der Waals surface area contributed by atoms with Crippen LogP contribution in [0.4, 0.5) is 4.39 Å². The summed E-state index contributed by atoms with van der Waals surface area (Å²) in [6.07, 6.45) is 0. The van der Waals surface area contributed by atoms with Gasteiger partial charge in [0.1, 0.15) is 11.4 Å². The van der Waals surface area contributed by atoms with Crippen LogP contribution in [0, 0.1) is 12.7 Å². The number of carbonyl (C=O) groups excluding carboxylic acids is 1. The Balaban J connectivity index is 2.56. The second-order valence-electron chi connectivity index (χ2n) is 3.42. The Hall–Kier alpha value is -1.84. The van der Waals surface area contributed by atoms with E-state index in [2.05, 4.69) is 0 Å². The van der Waals surface area contributed by atoms with E-state index in [9.17, 15) is 9.18 Å². The number of aryl methyl sites for hydroxylation is 1. The predicted molar refractivity (Wildman–Crippen MR) is 56.9 cm³/mol. The first kappa shape index (κ1) is 10.7. The molecule has 2 aromatic rings. The second-order valence-corrected chi connectivity index (χ2v) is 3.42. The summed E-state index contributed by atoms with van der Waals surface area (Å²) in [5.74, 6) is -0.731. The highest BCUT2D eigenvalue weighted by molar-refractivity contribution is 5.95. The third-order valence-electron chi connectivity index (χ3n) is 2.36. The lowest BCUT2D eigenvalue weighted by atomic mass is 10.1. The lowest BCUT2D eigenvalue weighted by Crippen LogP contribution is -2.04. The molecule has 16 heavy (non-hydrogen) atoms. The molecule has 84 valence electrons. The van der Waals surface area contributed by atoms with Crippen molar-refractivity contribution in [2.24, 2.45) is 0 Å². The Labute approximate surface area is 91.8 Å². The van der Waals surface area contributed by atoms with Crippen LogP contribution in [0.3, 0.4) is 0 Å². The normalized spacial score (nSPS) is 10.7. The first-order chi connectivity index (χ1) is 7.63. The monoisotopic (exact) mass is 222 g/mol. The van der Waals surface area contributed by atoms with Gasteiger partial charge in [-0.25, -0.2) is 9.18 Å². The number of halogens is 1.